The molecule has 29 heavy (non-hydrogen) atoms. The van der Waals surface area contributed by atoms with E-state index in [2.05, 4.69) is 5.32 Å². The van der Waals surface area contributed by atoms with Gasteiger partial charge in [-0.2, -0.15) is 17.5 Å². The first-order valence-corrected chi connectivity index (χ1v) is 10.6. The predicted octanol–water partition coefficient (Wildman–Crippen LogP) is 4.52. The number of nitrogens with zero attached hydrogens (tertiary/aromatic N) is 1. The van der Waals surface area contributed by atoms with E-state index in [9.17, 15) is 26.4 Å². The summed E-state index contributed by atoms with van der Waals surface area (Å²) in [5, 5.41) is 2.24. The van der Waals surface area contributed by atoms with Gasteiger partial charge in [0.05, 0.1) is 16.1 Å². The molecule has 1 heterocycles. The van der Waals surface area contributed by atoms with Crippen LogP contribution in [0.15, 0.2) is 53.4 Å². The van der Waals surface area contributed by atoms with Crippen molar-refractivity contribution in [1.29, 1.82) is 0 Å². The molecular formula is C20H21F3N2O3S. The molecule has 1 amide bonds. The number of piperidine rings is 1. The van der Waals surface area contributed by atoms with Gasteiger partial charge in [-0.15, -0.1) is 0 Å². The van der Waals surface area contributed by atoms with Crippen LogP contribution in [-0.2, 0) is 16.2 Å². The lowest BCUT2D eigenvalue weighted by Gasteiger charge is -2.32. The van der Waals surface area contributed by atoms with Gasteiger partial charge in [-0.05, 0) is 56.2 Å². The first-order valence-electron chi connectivity index (χ1n) is 9.20. The van der Waals surface area contributed by atoms with E-state index in [-0.39, 0.29) is 22.2 Å². The molecule has 1 saturated heterocycles. The van der Waals surface area contributed by atoms with Crippen LogP contribution in [0.2, 0.25) is 0 Å². The second kappa shape index (κ2) is 8.16. The zero-order valence-electron chi connectivity index (χ0n) is 15.7. The number of para-hydroxylation sites is 1. The minimum atomic E-state index is -4.60. The van der Waals surface area contributed by atoms with Crippen LogP contribution < -0.4 is 5.32 Å². The Bertz CT molecular complexity index is 989. The number of benzene rings is 2. The van der Waals surface area contributed by atoms with Gasteiger partial charge in [0.25, 0.3) is 5.91 Å². The van der Waals surface area contributed by atoms with Crippen LogP contribution >= 0.6 is 0 Å². The highest BCUT2D eigenvalue weighted by molar-refractivity contribution is 7.89. The van der Waals surface area contributed by atoms with Crippen molar-refractivity contribution >= 4 is 21.6 Å². The summed E-state index contributed by atoms with van der Waals surface area (Å²) in [5.74, 6) is -0.753. The van der Waals surface area contributed by atoms with E-state index in [1.807, 2.05) is 6.92 Å². The van der Waals surface area contributed by atoms with E-state index >= 15 is 0 Å². The van der Waals surface area contributed by atoms with Gasteiger partial charge in [0.2, 0.25) is 10.0 Å². The fourth-order valence-electron chi connectivity index (χ4n) is 3.38. The fraction of sp³-hybridized carbons (Fsp3) is 0.350. The number of amides is 1. The number of hydrogen-bond donors (Lipinski definition) is 1. The molecule has 1 fully saturated rings. The molecule has 2 aromatic carbocycles. The predicted molar refractivity (Wildman–Crippen MR) is 103 cm³/mol. The Balaban J connectivity index is 1.80. The standard InChI is InChI=1S/C20H21F3N2O3S/c1-14-6-4-5-13-25(14)29(27,28)16-11-9-15(10-12-16)19(26)24-18-8-3-2-7-17(18)20(21,22)23/h2-3,7-12,14H,4-6,13H2,1H3,(H,24,26)/t14-/m1/s1. The third kappa shape index (κ3) is 4.62. The number of anilines is 1. The van der Waals surface area contributed by atoms with E-state index < -0.39 is 27.7 Å². The maximum Gasteiger partial charge on any atom is 0.418 e. The van der Waals surface area contributed by atoms with Gasteiger partial charge in [-0.1, -0.05) is 18.6 Å². The molecule has 0 aliphatic carbocycles. The Hall–Kier alpha value is -2.39. The summed E-state index contributed by atoms with van der Waals surface area (Å²) >= 11 is 0. The van der Waals surface area contributed by atoms with Crippen molar-refractivity contribution in [3.05, 3.63) is 59.7 Å². The molecule has 0 saturated carbocycles. The van der Waals surface area contributed by atoms with Crippen molar-refractivity contribution < 1.29 is 26.4 Å². The molecule has 0 radical (unpaired) electrons. The Morgan fingerprint density at radius 1 is 1.07 bits per heavy atom. The molecule has 9 heteroatoms. The molecule has 2 aromatic rings. The van der Waals surface area contributed by atoms with E-state index in [0.29, 0.717) is 6.54 Å². The first kappa shape index (κ1) is 21.3. The van der Waals surface area contributed by atoms with E-state index in [1.165, 1.54) is 40.7 Å². The second-order valence-electron chi connectivity index (χ2n) is 6.98. The molecule has 1 aliphatic rings. The molecule has 0 spiro atoms. The van der Waals surface area contributed by atoms with Gasteiger partial charge in [0.15, 0.2) is 0 Å². The quantitative estimate of drug-likeness (QED) is 0.782. The largest absolute Gasteiger partial charge is 0.418 e. The Kier molecular flexibility index (Phi) is 6.00. The minimum Gasteiger partial charge on any atom is -0.321 e. The molecule has 0 unspecified atom stereocenters. The van der Waals surface area contributed by atoms with Crippen LogP contribution in [0.3, 0.4) is 0 Å². The summed E-state index contributed by atoms with van der Waals surface area (Å²) in [6.07, 6.45) is -2.04. The Morgan fingerprint density at radius 3 is 2.34 bits per heavy atom. The summed E-state index contributed by atoms with van der Waals surface area (Å²) in [6, 6.07) is 9.78. The van der Waals surface area contributed by atoms with Crippen molar-refractivity contribution in [2.45, 2.75) is 43.3 Å². The molecule has 1 N–H and O–H groups in total. The summed E-state index contributed by atoms with van der Waals surface area (Å²) in [6.45, 7) is 2.30. The van der Waals surface area contributed by atoms with Crippen molar-refractivity contribution in [3.63, 3.8) is 0 Å². The highest BCUT2D eigenvalue weighted by atomic mass is 32.2. The lowest BCUT2D eigenvalue weighted by molar-refractivity contribution is -0.136. The van der Waals surface area contributed by atoms with Crippen LogP contribution in [0.1, 0.15) is 42.1 Å². The molecule has 1 aliphatic heterocycles. The third-order valence-electron chi connectivity index (χ3n) is 4.95. The maximum absolute atomic E-state index is 13.1. The zero-order valence-corrected chi connectivity index (χ0v) is 16.6. The summed E-state index contributed by atoms with van der Waals surface area (Å²) < 4.78 is 66.3. The van der Waals surface area contributed by atoms with Crippen molar-refractivity contribution in [2.24, 2.45) is 0 Å². The van der Waals surface area contributed by atoms with Gasteiger partial charge in [0.1, 0.15) is 0 Å². The van der Waals surface area contributed by atoms with Crippen LogP contribution in [0.5, 0.6) is 0 Å². The number of alkyl halides is 3. The van der Waals surface area contributed by atoms with E-state index in [1.54, 1.807) is 0 Å². The van der Waals surface area contributed by atoms with Gasteiger partial charge < -0.3 is 5.32 Å². The maximum atomic E-state index is 13.1. The van der Waals surface area contributed by atoms with E-state index in [0.717, 1.165) is 31.4 Å². The van der Waals surface area contributed by atoms with E-state index in [4.69, 9.17) is 0 Å². The van der Waals surface area contributed by atoms with Gasteiger partial charge in [-0.3, -0.25) is 4.79 Å². The summed E-state index contributed by atoms with van der Waals surface area (Å²) in [5.41, 5.74) is -1.25. The smallest absolute Gasteiger partial charge is 0.321 e. The lowest BCUT2D eigenvalue weighted by Crippen LogP contribution is -2.41. The first-order chi connectivity index (χ1) is 13.6. The van der Waals surface area contributed by atoms with Crippen molar-refractivity contribution in [1.82, 2.24) is 4.31 Å². The van der Waals surface area contributed by atoms with Crippen LogP contribution in [-0.4, -0.2) is 31.2 Å². The second-order valence-corrected chi connectivity index (χ2v) is 8.87. The number of hydrogen-bond acceptors (Lipinski definition) is 3. The number of nitrogens with one attached hydrogen (secondary N) is 1. The van der Waals surface area contributed by atoms with Gasteiger partial charge >= 0.3 is 6.18 Å². The molecule has 5 nitrogen and oxygen atoms in total. The molecular weight excluding hydrogens is 405 g/mol. The molecule has 3 rings (SSSR count). The fourth-order valence-corrected chi connectivity index (χ4v) is 5.08. The van der Waals surface area contributed by atoms with Gasteiger partial charge in [-0.25, -0.2) is 8.42 Å². The topological polar surface area (TPSA) is 66.5 Å². The van der Waals surface area contributed by atoms with Crippen LogP contribution in [0.4, 0.5) is 18.9 Å². The Morgan fingerprint density at radius 2 is 1.72 bits per heavy atom. The molecule has 156 valence electrons. The Labute approximate surface area is 167 Å². The van der Waals surface area contributed by atoms with Crippen LogP contribution in [0.25, 0.3) is 0 Å². The normalized spacial score (nSPS) is 18.4. The van der Waals surface area contributed by atoms with Crippen molar-refractivity contribution in [2.75, 3.05) is 11.9 Å². The number of carbonyl (C=O) groups excluding carboxylic acids is 1. The lowest BCUT2D eigenvalue weighted by atomic mass is 10.1. The number of halogens is 3. The monoisotopic (exact) mass is 426 g/mol. The number of rotatable bonds is 4. The van der Waals surface area contributed by atoms with Crippen LogP contribution in [0, 0.1) is 0 Å². The molecule has 0 aromatic heterocycles. The number of carbonyl (C=O) groups is 1. The minimum absolute atomic E-state index is 0.0542. The average molecular weight is 426 g/mol. The average Bonchev–Trinajstić information content (AvgIpc) is 2.68. The SMILES string of the molecule is C[C@@H]1CCCCN1S(=O)(=O)c1ccc(C(=O)Nc2ccccc2C(F)(F)F)cc1. The summed E-state index contributed by atoms with van der Waals surface area (Å²) in [7, 11) is -3.69. The highest BCUT2D eigenvalue weighted by Crippen LogP contribution is 2.34. The molecule has 1 atom stereocenters. The third-order valence-corrected chi connectivity index (χ3v) is 6.97. The zero-order chi connectivity index (χ0) is 21.2. The number of sulfonamides is 1. The molecule has 0 bridgehead atoms. The van der Waals surface area contributed by atoms with Crippen molar-refractivity contribution in [3.8, 4) is 0 Å². The highest BCUT2D eigenvalue weighted by Gasteiger charge is 2.34. The van der Waals surface area contributed by atoms with Gasteiger partial charge in [0, 0.05) is 18.2 Å². The summed E-state index contributed by atoms with van der Waals surface area (Å²) in [4.78, 5) is 12.4.